The van der Waals surface area contributed by atoms with Gasteiger partial charge in [-0.2, -0.15) is 0 Å². The Hall–Kier alpha value is -1.75. The predicted octanol–water partition coefficient (Wildman–Crippen LogP) is 2.53. The number of esters is 1. The topological polar surface area (TPSA) is 56.8 Å². The molecule has 0 amide bonds. The lowest BCUT2D eigenvalue weighted by Gasteiger charge is -2.22. The zero-order valence-corrected chi connectivity index (χ0v) is 13.5. The van der Waals surface area contributed by atoms with Crippen LogP contribution in [0.25, 0.3) is 0 Å². The van der Waals surface area contributed by atoms with Gasteiger partial charge in [0.1, 0.15) is 0 Å². The summed E-state index contributed by atoms with van der Waals surface area (Å²) in [5.41, 5.74) is 1.00. The van der Waals surface area contributed by atoms with Gasteiger partial charge in [0.15, 0.2) is 11.5 Å². The highest BCUT2D eigenvalue weighted by Gasteiger charge is 2.14. The summed E-state index contributed by atoms with van der Waals surface area (Å²) in [6, 6.07) is 5.74. The van der Waals surface area contributed by atoms with Crippen LogP contribution >= 0.6 is 0 Å². The van der Waals surface area contributed by atoms with Gasteiger partial charge in [0.25, 0.3) is 0 Å². The SMILES string of the molecule is COC(=O)CCOc1c(CNC(C)(C)C)cccc1OC. The molecule has 0 saturated carbocycles. The first kappa shape index (κ1) is 17.3. The molecule has 0 aliphatic carbocycles. The normalized spacial score (nSPS) is 11.1. The van der Waals surface area contributed by atoms with Gasteiger partial charge in [0, 0.05) is 17.6 Å². The molecule has 0 aliphatic rings. The van der Waals surface area contributed by atoms with Crippen LogP contribution in [0.1, 0.15) is 32.8 Å². The van der Waals surface area contributed by atoms with E-state index in [0.717, 1.165) is 5.56 Å². The first-order valence-corrected chi connectivity index (χ1v) is 6.98. The average Bonchev–Trinajstić information content (AvgIpc) is 2.44. The molecule has 0 heterocycles. The highest BCUT2D eigenvalue weighted by Crippen LogP contribution is 2.31. The van der Waals surface area contributed by atoms with Gasteiger partial charge in [0.05, 0.1) is 27.2 Å². The first-order chi connectivity index (χ1) is 9.87. The largest absolute Gasteiger partial charge is 0.493 e. The highest BCUT2D eigenvalue weighted by atomic mass is 16.5. The molecule has 118 valence electrons. The highest BCUT2D eigenvalue weighted by molar-refractivity contribution is 5.69. The molecule has 0 radical (unpaired) electrons. The standard InChI is InChI=1S/C16H25NO4/c1-16(2,3)17-11-12-7-6-8-13(19-4)15(12)21-10-9-14(18)20-5/h6-8,17H,9-11H2,1-5H3. The number of methoxy groups -OCH3 is 2. The van der Waals surface area contributed by atoms with Gasteiger partial charge in [-0.1, -0.05) is 12.1 Å². The van der Waals surface area contributed by atoms with E-state index >= 15 is 0 Å². The number of benzene rings is 1. The number of carbonyl (C=O) groups is 1. The lowest BCUT2D eigenvalue weighted by molar-refractivity contribution is -0.141. The summed E-state index contributed by atoms with van der Waals surface area (Å²) in [6.45, 7) is 7.23. The summed E-state index contributed by atoms with van der Waals surface area (Å²) >= 11 is 0. The number of hydrogen-bond acceptors (Lipinski definition) is 5. The van der Waals surface area contributed by atoms with E-state index in [0.29, 0.717) is 18.0 Å². The van der Waals surface area contributed by atoms with Crippen molar-refractivity contribution in [2.75, 3.05) is 20.8 Å². The second-order valence-corrected chi connectivity index (χ2v) is 5.73. The summed E-state index contributed by atoms with van der Waals surface area (Å²) < 4.78 is 15.7. The number of nitrogens with one attached hydrogen (secondary N) is 1. The van der Waals surface area contributed by atoms with Crippen molar-refractivity contribution in [1.82, 2.24) is 5.32 Å². The maximum absolute atomic E-state index is 11.2. The van der Waals surface area contributed by atoms with Gasteiger partial charge >= 0.3 is 5.97 Å². The molecule has 0 unspecified atom stereocenters. The summed E-state index contributed by atoms with van der Waals surface area (Å²) in [5, 5.41) is 3.41. The molecule has 1 aromatic rings. The van der Waals surface area contributed by atoms with E-state index in [2.05, 4.69) is 30.8 Å². The van der Waals surface area contributed by atoms with Crippen LogP contribution in [0.3, 0.4) is 0 Å². The van der Waals surface area contributed by atoms with E-state index in [1.807, 2.05) is 18.2 Å². The maximum Gasteiger partial charge on any atom is 0.308 e. The lowest BCUT2D eigenvalue weighted by Crippen LogP contribution is -2.35. The van der Waals surface area contributed by atoms with E-state index in [4.69, 9.17) is 9.47 Å². The van der Waals surface area contributed by atoms with Crippen molar-refractivity contribution in [2.24, 2.45) is 0 Å². The summed E-state index contributed by atoms with van der Waals surface area (Å²) in [6.07, 6.45) is 0.209. The van der Waals surface area contributed by atoms with Gasteiger partial charge in [-0.05, 0) is 26.8 Å². The maximum atomic E-state index is 11.2. The van der Waals surface area contributed by atoms with E-state index in [-0.39, 0.29) is 24.5 Å². The Bertz CT molecular complexity index is 466. The van der Waals surface area contributed by atoms with Crippen LogP contribution in [0.5, 0.6) is 11.5 Å². The minimum atomic E-state index is -0.292. The van der Waals surface area contributed by atoms with Crippen LogP contribution in [0, 0.1) is 0 Å². The molecule has 0 saturated heterocycles. The molecule has 0 aromatic heterocycles. The third kappa shape index (κ3) is 6.04. The molecule has 0 fully saturated rings. The number of hydrogen-bond donors (Lipinski definition) is 1. The smallest absolute Gasteiger partial charge is 0.308 e. The van der Waals surface area contributed by atoms with E-state index in [1.54, 1.807) is 7.11 Å². The molecule has 1 N–H and O–H groups in total. The molecule has 1 rings (SSSR count). The Morgan fingerprint density at radius 2 is 1.95 bits per heavy atom. The van der Waals surface area contributed by atoms with Crippen molar-refractivity contribution < 1.29 is 19.0 Å². The van der Waals surface area contributed by atoms with Gasteiger partial charge in [-0.25, -0.2) is 0 Å². The molecule has 0 aliphatic heterocycles. The minimum absolute atomic E-state index is 0.00631. The van der Waals surface area contributed by atoms with E-state index < -0.39 is 0 Å². The first-order valence-electron chi connectivity index (χ1n) is 6.98. The molecular weight excluding hydrogens is 270 g/mol. The van der Waals surface area contributed by atoms with Crippen molar-refractivity contribution in [3.8, 4) is 11.5 Å². The monoisotopic (exact) mass is 295 g/mol. The van der Waals surface area contributed by atoms with Crippen molar-refractivity contribution in [3.05, 3.63) is 23.8 Å². The van der Waals surface area contributed by atoms with Crippen molar-refractivity contribution >= 4 is 5.97 Å². The second kappa shape index (κ2) is 7.88. The Kier molecular flexibility index (Phi) is 6.49. The van der Waals surface area contributed by atoms with E-state index in [9.17, 15) is 4.79 Å². The van der Waals surface area contributed by atoms with Crippen molar-refractivity contribution in [1.29, 1.82) is 0 Å². The Morgan fingerprint density at radius 3 is 2.52 bits per heavy atom. The fourth-order valence-corrected chi connectivity index (χ4v) is 1.72. The quantitative estimate of drug-likeness (QED) is 0.783. The zero-order chi connectivity index (χ0) is 15.9. The van der Waals surface area contributed by atoms with Crippen LogP contribution in [0.2, 0.25) is 0 Å². The van der Waals surface area contributed by atoms with Crippen LogP contribution in [-0.4, -0.2) is 32.3 Å². The Labute approximate surface area is 126 Å². The number of rotatable bonds is 7. The molecular formula is C16H25NO4. The van der Waals surface area contributed by atoms with Gasteiger partial charge in [0.2, 0.25) is 0 Å². The van der Waals surface area contributed by atoms with Gasteiger partial charge < -0.3 is 19.5 Å². The Balaban J connectivity index is 2.80. The molecule has 5 heteroatoms. The average molecular weight is 295 g/mol. The number of carbonyl (C=O) groups excluding carboxylic acids is 1. The second-order valence-electron chi connectivity index (χ2n) is 5.73. The van der Waals surface area contributed by atoms with Crippen LogP contribution in [-0.2, 0) is 16.1 Å². The summed E-state index contributed by atoms with van der Waals surface area (Å²) in [4.78, 5) is 11.2. The number of para-hydroxylation sites is 1. The molecule has 5 nitrogen and oxygen atoms in total. The molecule has 21 heavy (non-hydrogen) atoms. The minimum Gasteiger partial charge on any atom is -0.493 e. The molecule has 1 aromatic carbocycles. The van der Waals surface area contributed by atoms with E-state index in [1.165, 1.54) is 7.11 Å². The third-order valence-corrected chi connectivity index (χ3v) is 2.87. The number of ether oxygens (including phenoxy) is 3. The van der Waals surface area contributed by atoms with Crippen LogP contribution < -0.4 is 14.8 Å². The third-order valence-electron chi connectivity index (χ3n) is 2.87. The fourth-order valence-electron chi connectivity index (χ4n) is 1.72. The van der Waals surface area contributed by atoms with Crippen molar-refractivity contribution in [2.45, 2.75) is 39.3 Å². The molecule has 0 atom stereocenters. The molecule has 0 bridgehead atoms. The molecule has 0 spiro atoms. The fraction of sp³-hybridized carbons (Fsp3) is 0.562. The van der Waals surface area contributed by atoms with Gasteiger partial charge in [-0.15, -0.1) is 0 Å². The summed E-state index contributed by atoms with van der Waals surface area (Å²) in [7, 11) is 2.97. The van der Waals surface area contributed by atoms with Crippen molar-refractivity contribution in [3.63, 3.8) is 0 Å². The summed E-state index contributed by atoms with van der Waals surface area (Å²) in [5.74, 6) is 1.04. The van der Waals surface area contributed by atoms with Crippen LogP contribution in [0.4, 0.5) is 0 Å². The Morgan fingerprint density at radius 1 is 1.24 bits per heavy atom. The van der Waals surface area contributed by atoms with Gasteiger partial charge in [-0.3, -0.25) is 4.79 Å². The predicted molar refractivity (Wildman–Crippen MR) is 81.7 cm³/mol. The van der Waals surface area contributed by atoms with Crippen LogP contribution in [0.15, 0.2) is 18.2 Å². The zero-order valence-electron chi connectivity index (χ0n) is 13.5. The lowest BCUT2D eigenvalue weighted by atomic mass is 10.1.